The Bertz CT molecular complexity index is 2020. The third-order valence-electron chi connectivity index (χ3n) is 12.4. The molecule has 10 atom stereocenters. The maximum Gasteiger partial charge on any atom is 0.408 e. The van der Waals surface area contributed by atoms with Gasteiger partial charge >= 0.3 is 24.0 Å². The predicted octanol–water partition coefficient (Wildman–Crippen LogP) is 3.47. The third kappa shape index (κ3) is 7.01. The number of carbonyl (C=O) groups is 6. The largest absolute Gasteiger partial charge is 0.456 e. The number of aliphatic hydroxyl groups excluding tert-OH is 2. The number of nitrogens with one attached hydrogen (secondary N) is 1. The van der Waals surface area contributed by atoms with Crippen molar-refractivity contribution in [2.45, 2.75) is 122 Å². The first-order valence-electron chi connectivity index (χ1n) is 19.2. The van der Waals surface area contributed by atoms with Gasteiger partial charge in [-0.3, -0.25) is 14.4 Å². The van der Waals surface area contributed by atoms with E-state index in [1.807, 2.05) is 0 Å². The fraction of sp³-hybridized carbons (Fsp3) is 0.535. The number of aliphatic hydroxyl groups is 3. The molecule has 15 nitrogen and oxygen atoms in total. The first kappa shape index (κ1) is 42.6. The number of ether oxygens (including phenoxy) is 5. The van der Waals surface area contributed by atoms with Crippen molar-refractivity contribution >= 4 is 35.6 Å². The van der Waals surface area contributed by atoms with Crippen LogP contribution in [0.2, 0.25) is 0 Å². The van der Waals surface area contributed by atoms with Crippen molar-refractivity contribution in [2.24, 2.45) is 16.7 Å². The highest BCUT2D eigenvalue weighted by Gasteiger charge is 2.78. The van der Waals surface area contributed by atoms with Crippen LogP contribution in [-0.2, 0) is 42.9 Å². The number of fused-ring (bicyclic) bond motifs is 5. The van der Waals surface area contributed by atoms with E-state index in [9.17, 15) is 44.1 Å². The van der Waals surface area contributed by atoms with Gasteiger partial charge in [0.25, 0.3) is 0 Å². The minimum Gasteiger partial charge on any atom is -0.456 e. The summed E-state index contributed by atoms with van der Waals surface area (Å²) in [6, 6.07) is 14.5. The van der Waals surface area contributed by atoms with E-state index in [2.05, 4.69) is 5.32 Å². The van der Waals surface area contributed by atoms with Crippen molar-refractivity contribution in [2.75, 3.05) is 6.61 Å². The quantitative estimate of drug-likeness (QED) is 0.171. The summed E-state index contributed by atoms with van der Waals surface area (Å²) < 4.78 is 29.4. The van der Waals surface area contributed by atoms with Gasteiger partial charge in [-0.15, -0.1) is 0 Å². The summed E-state index contributed by atoms with van der Waals surface area (Å²) in [7, 11) is 0. The molecule has 15 heteroatoms. The number of carbonyl (C=O) groups excluding carboxylic acids is 6. The summed E-state index contributed by atoms with van der Waals surface area (Å²) in [4.78, 5) is 83.5. The number of Topliss-reactive ketones (excluding diaryl/α,β-unsaturated/α-hetero) is 2. The number of rotatable bonds is 8. The molecule has 0 unspecified atom stereocenters. The van der Waals surface area contributed by atoms with Crippen LogP contribution in [0.15, 0.2) is 71.8 Å². The molecule has 1 saturated heterocycles. The van der Waals surface area contributed by atoms with E-state index in [-0.39, 0.29) is 29.7 Å². The Morgan fingerprint density at radius 1 is 0.948 bits per heavy atom. The van der Waals surface area contributed by atoms with E-state index in [1.54, 1.807) is 69.3 Å². The van der Waals surface area contributed by atoms with Crippen molar-refractivity contribution < 1.29 is 67.8 Å². The maximum atomic E-state index is 14.8. The standard InChI is InChI=1S/C43H51NO14/c1-22-26(55-37(51)32(48)30(24-15-11-9-12-16-24)44-38(52)58-39(3,4)5)20-43(53)35(56-36(50)25-17-13-10-14-18-25)33-41(8,34(49)31(47)29(22)40(43,6)7)27(46)19-28-42(33,21-54-28)57-23(2)45/h9-18,26-28,30,32-33,35,46,48,53H,19-21H2,1-8H3,(H,44,52)/t26-,27+,28-,30+,32+,33+,35-,41-,42-,43-/m1/s1. The number of ketones is 2. The number of alkyl carbamates (subject to hydrolysis) is 1. The Hall–Kier alpha value is -4.96. The van der Waals surface area contributed by atoms with Crippen molar-refractivity contribution in [3.8, 4) is 0 Å². The van der Waals surface area contributed by atoms with Crippen molar-refractivity contribution in [3.05, 3.63) is 82.9 Å². The lowest BCUT2D eigenvalue weighted by Gasteiger charge is -2.66. The molecule has 0 radical (unpaired) electrons. The third-order valence-corrected chi connectivity index (χ3v) is 12.4. The van der Waals surface area contributed by atoms with Gasteiger partial charge in [-0.25, -0.2) is 14.4 Å². The Kier molecular flexibility index (Phi) is 11.0. The van der Waals surface area contributed by atoms with Gasteiger partial charge in [0.15, 0.2) is 11.7 Å². The molecule has 2 aromatic carbocycles. The predicted molar refractivity (Wildman–Crippen MR) is 203 cm³/mol. The molecule has 58 heavy (non-hydrogen) atoms. The molecule has 0 spiro atoms. The summed E-state index contributed by atoms with van der Waals surface area (Å²) in [6.07, 6.45) is -9.78. The van der Waals surface area contributed by atoms with Crippen LogP contribution < -0.4 is 5.32 Å². The minimum atomic E-state index is -2.41. The lowest BCUT2D eigenvalue weighted by Crippen LogP contribution is -2.81. The molecule has 312 valence electrons. The molecule has 1 heterocycles. The summed E-state index contributed by atoms with van der Waals surface area (Å²) in [6.45, 7) is 11.5. The van der Waals surface area contributed by atoms with Gasteiger partial charge in [0.1, 0.15) is 29.5 Å². The molecule has 4 N–H and O–H groups in total. The van der Waals surface area contributed by atoms with Gasteiger partial charge in [-0.05, 0) is 57.9 Å². The average Bonchev–Trinajstić information content (AvgIpc) is 3.14. The minimum absolute atomic E-state index is 0.0602. The van der Waals surface area contributed by atoms with E-state index >= 15 is 0 Å². The van der Waals surface area contributed by atoms with Crippen LogP contribution >= 0.6 is 0 Å². The zero-order valence-corrected chi connectivity index (χ0v) is 33.8. The summed E-state index contributed by atoms with van der Waals surface area (Å²) in [5, 5.41) is 39.3. The maximum absolute atomic E-state index is 14.8. The highest BCUT2D eigenvalue weighted by atomic mass is 16.6. The van der Waals surface area contributed by atoms with Gasteiger partial charge in [-0.2, -0.15) is 0 Å². The summed E-state index contributed by atoms with van der Waals surface area (Å²) >= 11 is 0. The number of hydrogen-bond donors (Lipinski definition) is 4. The van der Waals surface area contributed by atoms with Crippen LogP contribution in [0, 0.1) is 16.7 Å². The number of benzene rings is 2. The normalized spacial score (nSPS) is 32.4. The van der Waals surface area contributed by atoms with E-state index < -0.39 is 112 Å². The topological polar surface area (TPSA) is 221 Å². The molecule has 3 fully saturated rings. The van der Waals surface area contributed by atoms with E-state index in [1.165, 1.54) is 39.8 Å². The lowest BCUT2D eigenvalue weighted by molar-refractivity contribution is -0.343. The number of amides is 1. The molecule has 6 rings (SSSR count). The van der Waals surface area contributed by atoms with Crippen LogP contribution in [0.5, 0.6) is 0 Å². The Morgan fingerprint density at radius 3 is 2.10 bits per heavy atom. The van der Waals surface area contributed by atoms with E-state index in [0.717, 1.165) is 6.92 Å². The Balaban J connectivity index is 1.49. The monoisotopic (exact) mass is 805 g/mol. The van der Waals surface area contributed by atoms with E-state index in [0.29, 0.717) is 5.56 Å². The molecule has 2 bridgehead atoms. The second-order valence-electron chi connectivity index (χ2n) is 17.4. The molecule has 2 aromatic rings. The fourth-order valence-corrected chi connectivity index (χ4v) is 9.34. The Morgan fingerprint density at radius 2 is 1.55 bits per heavy atom. The van der Waals surface area contributed by atoms with Gasteiger partial charge < -0.3 is 44.3 Å². The SMILES string of the molecule is CC(=O)O[C@]12CO[C@@H]1C[C@H](O)[C@@]1(C)C(=O)C(=O)C3=C(C)[C@H](OC(=O)[C@@H](O)[C@@H](NC(=O)OC(C)(C)C)c4ccccc4)C[C@@](O)([C@H](OC(=O)c4ccccc4)[C@H]21)C3(C)C. The van der Waals surface area contributed by atoms with Crippen molar-refractivity contribution in [3.63, 3.8) is 0 Å². The zero-order valence-electron chi connectivity index (χ0n) is 33.8. The first-order valence-corrected chi connectivity index (χ1v) is 19.2. The average molecular weight is 806 g/mol. The molecule has 2 saturated carbocycles. The fourth-order valence-electron chi connectivity index (χ4n) is 9.34. The van der Waals surface area contributed by atoms with Gasteiger partial charge in [0, 0.05) is 30.8 Å². The molecule has 0 aromatic heterocycles. The van der Waals surface area contributed by atoms with Crippen LogP contribution in [0.1, 0.15) is 90.2 Å². The van der Waals surface area contributed by atoms with Crippen LogP contribution in [-0.4, -0.2) is 105 Å². The first-order chi connectivity index (χ1) is 27.0. The molecule has 4 aliphatic rings. The molecule has 3 aliphatic carbocycles. The molecule has 1 amide bonds. The molecular weight excluding hydrogens is 754 g/mol. The number of esters is 3. The Labute approximate surface area is 336 Å². The van der Waals surface area contributed by atoms with Gasteiger partial charge in [0.2, 0.25) is 11.6 Å². The molecular formula is C43H51NO14. The number of hydrogen-bond acceptors (Lipinski definition) is 14. The lowest BCUT2D eigenvalue weighted by atomic mass is 9.45. The van der Waals surface area contributed by atoms with Crippen molar-refractivity contribution in [1.82, 2.24) is 5.32 Å². The second kappa shape index (κ2) is 15.0. The second-order valence-corrected chi connectivity index (χ2v) is 17.4. The summed E-state index contributed by atoms with van der Waals surface area (Å²) in [5.41, 5.74) is -8.77. The highest BCUT2D eigenvalue weighted by molar-refractivity contribution is 6.46. The van der Waals surface area contributed by atoms with Crippen LogP contribution in [0.25, 0.3) is 0 Å². The molecule has 1 aliphatic heterocycles. The van der Waals surface area contributed by atoms with Crippen LogP contribution in [0.4, 0.5) is 4.79 Å². The smallest absolute Gasteiger partial charge is 0.408 e. The zero-order chi connectivity index (χ0) is 42.7. The highest BCUT2D eigenvalue weighted by Crippen LogP contribution is 2.63. The van der Waals surface area contributed by atoms with Gasteiger partial charge in [0.05, 0.1) is 35.6 Å². The summed E-state index contributed by atoms with van der Waals surface area (Å²) in [5.74, 6) is -6.80. The van der Waals surface area contributed by atoms with E-state index in [4.69, 9.17) is 23.7 Å². The van der Waals surface area contributed by atoms with Gasteiger partial charge in [-0.1, -0.05) is 62.4 Å². The van der Waals surface area contributed by atoms with Crippen molar-refractivity contribution in [1.29, 1.82) is 0 Å². The van der Waals surface area contributed by atoms with Crippen LogP contribution in [0.3, 0.4) is 0 Å².